The Labute approximate surface area is 133 Å². The average molecular weight is 329 g/mol. The minimum atomic E-state index is -0.448. The highest BCUT2D eigenvalue weighted by Gasteiger charge is 2.26. The molecule has 7 heteroatoms. The Kier molecular flexibility index (Phi) is 5.05. The third-order valence-electron chi connectivity index (χ3n) is 3.93. The number of aliphatic hydroxyl groups is 1. The molecule has 5 nitrogen and oxygen atoms in total. The molecular weight excluding hydrogens is 311 g/mol. The van der Waals surface area contributed by atoms with Crippen molar-refractivity contribution in [2.75, 3.05) is 19.6 Å². The molecule has 1 aromatic heterocycles. The number of hydrogen-bond acceptors (Lipinski definition) is 4. The van der Waals surface area contributed by atoms with Crippen molar-refractivity contribution in [2.24, 2.45) is 5.92 Å². The summed E-state index contributed by atoms with van der Waals surface area (Å²) in [6, 6.07) is 4.17. The standard InChI is InChI=1S/C15H17FN2O3.ClH/c1-8-11-4-10(16)2-3-13(11)21-14(8)15(20)18-6-9-5-17-7-12(9)19;/h2-4,9,12,17,19H,5-7H2,1H3,(H,18,20);1H. The molecule has 1 amide bonds. The van der Waals surface area contributed by atoms with E-state index in [1.807, 2.05) is 0 Å². The van der Waals surface area contributed by atoms with Gasteiger partial charge in [-0.15, -0.1) is 12.4 Å². The Balaban J connectivity index is 0.00000176. The van der Waals surface area contributed by atoms with Crippen LogP contribution in [0.4, 0.5) is 4.39 Å². The van der Waals surface area contributed by atoms with Gasteiger partial charge < -0.3 is 20.2 Å². The van der Waals surface area contributed by atoms with E-state index in [4.69, 9.17) is 4.42 Å². The third kappa shape index (κ3) is 3.09. The molecule has 2 unspecified atom stereocenters. The highest BCUT2D eigenvalue weighted by Crippen LogP contribution is 2.26. The van der Waals surface area contributed by atoms with E-state index < -0.39 is 6.10 Å². The number of halogens is 2. The van der Waals surface area contributed by atoms with Gasteiger partial charge in [0.25, 0.3) is 5.91 Å². The van der Waals surface area contributed by atoms with E-state index in [9.17, 15) is 14.3 Å². The first-order valence-electron chi connectivity index (χ1n) is 6.92. The van der Waals surface area contributed by atoms with E-state index in [1.54, 1.807) is 6.92 Å². The van der Waals surface area contributed by atoms with Gasteiger partial charge in [0.15, 0.2) is 5.76 Å². The molecule has 0 bridgehead atoms. The molecule has 0 saturated carbocycles. The van der Waals surface area contributed by atoms with Crippen molar-refractivity contribution < 1.29 is 18.7 Å². The van der Waals surface area contributed by atoms with Crippen LogP contribution in [0.15, 0.2) is 22.6 Å². The zero-order valence-corrected chi connectivity index (χ0v) is 12.9. The molecule has 120 valence electrons. The summed E-state index contributed by atoms with van der Waals surface area (Å²) >= 11 is 0. The SMILES string of the molecule is Cc1c(C(=O)NCC2CNCC2O)oc2ccc(F)cc12.Cl. The maximum absolute atomic E-state index is 13.2. The van der Waals surface area contributed by atoms with Crippen LogP contribution in [-0.4, -0.2) is 36.8 Å². The number of furan rings is 1. The highest BCUT2D eigenvalue weighted by atomic mass is 35.5. The van der Waals surface area contributed by atoms with Crippen molar-refractivity contribution in [1.82, 2.24) is 10.6 Å². The molecule has 3 N–H and O–H groups in total. The molecule has 22 heavy (non-hydrogen) atoms. The van der Waals surface area contributed by atoms with Crippen LogP contribution < -0.4 is 10.6 Å². The van der Waals surface area contributed by atoms with Gasteiger partial charge in [-0.3, -0.25) is 4.79 Å². The Bertz CT molecular complexity index is 689. The summed E-state index contributed by atoms with van der Waals surface area (Å²) < 4.78 is 18.7. The summed E-state index contributed by atoms with van der Waals surface area (Å²) in [5, 5.41) is 16.1. The Morgan fingerprint density at radius 1 is 1.50 bits per heavy atom. The van der Waals surface area contributed by atoms with E-state index in [0.29, 0.717) is 36.2 Å². The van der Waals surface area contributed by atoms with Crippen molar-refractivity contribution in [2.45, 2.75) is 13.0 Å². The van der Waals surface area contributed by atoms with Crippen LogP contribution in [0.1, 0.15) is 16.1 Å². The number of amides is 1. The second kappa shape index (κ2) is 6.64. The van der Waals surface area contributed by atoms with Gasteiger partial charge in [0.2, 0.25) is 0 Å². The Morgan fingerprint density at radius 2 is 2.27 bits per heavy atom. The van der Waals surface area contributed by atoms with Crippen LogP contribution in [0, 0.1) is 18.7 Å². The lowest BCUT2D eigenvalue weighted by Gasteiger charge is -2.13. The number of carbonyl (C=O) groups excluding carboxylic acids is 1. The summed E-state index contributed by atoms with van der Waals surface area (Å²) in [6.45, 7) is 3.32. The van der Waals surface area contributed by atoms with Crippen LogP contribution >= 0.6 is 12.4 Å². The molecule has 0 radical (unpaired) electrons. The van der Waals surface area contributed by atoms with Crippen LogP contribution in [0.25, 0.3) is 11.0 Å². The molecule has 0 aliphatic carbocycles. The van der Waals surface area contributed by atoms with E-state index in [1.165, 1.54) is 18.2 Å². The number of nitrogens with one attached hydrogen (secondary N) is 2. The summed E-state index contributed by atoms with van der Waals surface area (Å²) in [7, 11) is 0. The number of carbonyl (C=O) groups is 1. The molecular formula is C15H18ClFN2O3. The maximum atomic E-state index is 13.2. The predicted octanol–water partition coefficient (Wildman–Crippen LogP) is 1.61. The predicted molar refractivity (Wildman–Crippen MR) is 82.9 cm³/mol. The van der Waals surface area contributed by atoms with Gasteiger partial charge in [0.1, 0.15) is 11.4 Å². The molecule has 1 fully saturated rings. The number of benzene rings is 1. The molecule has 2 heterocycles. The van der Waals surface area contributed by atoms with Crippen LogP contribution in [0.2, 0.25) is 0 Å². The van der Waals surface area contributed by atoms with Crippen LogP contribution in [0.3, 0.4) is 0 Å². The molecule has 0 spiro atoms. The summed E-state index contributed by atoms with van der Waals surface area (Å²) in [6.07, 6.45) is -0.448. The minimum absolute atomic E-state index is 0. The second-order valence-electron chi connectivity index (χ2n) is 5.39. The fourth-order valence-corrected chi connectivity index (χ4v) is 2.64. The minimum Gasteiger partial charge on any atom is -0.451 e. The lowest BCUT2D eigenvalue weighted by atomic mass is 10.1. The molecule has 1 aliphatic rings. The largest absolute Gasteiger partial charge is 0.451 e. The van der Waals surface area contributed by atoms with Gasteiger partial charge in [-0.1, -0.05) is 0 Å². The van der Waals surface area contributed by atoms with Crippen molar-refractivity contribution in [1.29, 1.82) is 0 Å². The van der Waals surface area contributed by atoms with Crippen molar-refractivity contribution >= 4 is 29.3 Å². The third-order valence-corrected chi connectivity index (χ3v) is 3.93. The fraction of sp³-hybridized carbons (Fsp3) is 0.400. The van der Waals surface area contributed by atoms with Gasteiger partial charge in [-0.2, -0.15) is 0 Å². The number of aryl methyl sites for hydroxylation is 1. The van der Waals surface area contributed by atoms with E-state index in [-0.39, 0.29) is 35.8 Å². The monoisotopic (exact) mass is 328 g/mol. The second-order valence-corrected chi connectivity index (χ2v) is 5.39. The summed E-state index contributed by atoms with van der Waals surface area (Å²) in [5.74, 6) is -0.520. The topological polar surface area (TPSA) is 74.5 Å². The van der Waals surface area contributed by atoms with Gasteiger partial charge in [0, 0.05) is 36.5 Å². The molecule has 2 atom stereocenters. The van der Waals surface area contributed by atoms with Gasteiger partial charge in [0.05, 0.1) is 6.10 Å². The number of β-amino-alcohol motifs (C(OH)–C–C–N with tert-alkyl or cyclic N) is 1. The fourth-order valence-electron chi connectivity index (χ4n) is 2.64. The maximum Gasteiger partial charge on any atom is 0.287 e. The lowest BCUT2D eigenvalue weighted by molar-refractivity contribution is 0.0901. The number of fused-ring (bicyclic) bond motifs is 1. The summed E-state index contributed by atoms with van der Waals surface area (Å²) in [5.41, 5.74) is 1.11. The number of aliphatic hydroxyl groups excluding tert-OH is 1. The summed E-state index contributed by atoms with van der Waals surface area (Å²) in [4.78, 5) is 12.2. The van der Waals surface area contributed by atoms with Gasteiger partial charge in [-0.25, -0.2) is 4.39 Å². The van der Waals surface area contributed by atoms with Crippen molar-refractivity contribution in [3.05, 3.63) is 35.3 Å². The lowest BCUT2D eigenvalue weighted by Crippen LogP contribution is -2.34. The first-order chi connectivity index (χ1) is 10.1. The zero-order valence-electron chi connectivity index (χ0n) is 12.1. The van der Waals surface area contributed by atoms with Crippen molar-refractivity contribution in [3.63, 3.8) is 0 Å². The molecule has 1 aromatic carbocycles. The molecule has 1 aliphatic heterocycles. The highest BCUT2D eigenvalue weighted by molar-refractivity contribution is 5.98. The first-order valence-corrected chi connectivity index (χ1v) is 6.92. The number of hydrogen-bond donors (Lipinski definition) is 3. The normalized spacial score (nSPS) is 20.9. The average Bonchev–Trinajstić information content (AvgIpc) is 3.01. The van der Waals surface area contributed by atoms with E-state index in [0.717, 1.165) is 0 Å². The van der Waals surface area contributed by atoms with Crippen molar-refractivity contribution in [3.8, 4) is 0 Å². The van der Waals surface area contributed by atoms with Gasteiger partial charge >= 0.3 is 0 Å². The molecule has 1 saturated heterocycles. The number of rotatable bonds is 3. The van der Waals surface area contributed by atoms with Crippen LogP contribution in [0.5, 0.6) is 0 Å². The van der Waals surface area contributed by atoms with E-state index in [2.05, 4.69) is 10.6 Å². The first kappa shape index (κ1) is 16.7. The van der Waals surface area contributed by atoms with Gasteiger partial charge in [-0.05, 0) is 25.1 Å². The zero-order chi connectivity index (χ0) is 15.0. The molecule has 2 aromatic rings. The quantitative estimate of drug-likeness (QED) is 0.800. The Hall–Kier alpha value is -1.63. The molecule has 3 rings (SSSR count). The van der Waals surface area contributed by atoms with E-state index >= 15 is 0 Å². The van der Waals surface area contributed by atoms with Crippen LogP contribution in [-0.2, 0) is 0 Å². The Morgan fingerprint density at radius 3 is 2.95 bits per heavy atom. The smallest absolute Gasteiger partial charge is 0.287 e.